The van der Waals surface area contributed by atoms with Crippen LogP contribution in [0.5, 0.6) is 6.01 Å². The number of fused-ring (bicyclic) bond motifs is 5. The van der Waals surface area contributed by atoms with Crippen molar-refractivity contribution in [1.29, 1.82) is 0 Å². The van der Waals surface area contributed by atoms with Gasteiger partial charge in [0.1, 0.15) is 6.61 Å². The van der Waals surface area contributed by atoms with Gasteiger partial charge in [-0.3, -0.25) is 4.90 Å². The monoisotopic (exact) mass is 583 g/mol. The number of aryl methyl sites for hydroxylation is 1. The minimum absolute atomic E-state index is 0.193. The second kappa shape index (κ2) is 11.9. The largest absolute Gasteiger partial charge is 0.461 e. The maximum Gasteiger partial charge on any atom is 0.317 e. The summed E-state index contributed by atoms with van der Waals surface area (Å²) < 4.78 is 6.58. The predicted octanol–water partition coefficient (Wildman–Crippen LogP) is 6.16. The lowest BCUT2D eigenvalue weighted by molar-refractivity contribution is 0.107. The Morgan fingerprint density at radius 1 is 1.02 bits per heavy atom. The lowest BCUT2D eigenvalue weighted by atomic mass is 9.92. The highest BCUT2D eigenvalue weighted by molar-refractivity contribution is 7.15. The SMILES string of the molecule is CCc1cccc2cccc(N3CCc4c(nc(OCC56CCCN5CCC6)nc4C4=CC5CCC(C4)N5)C3)c12.CP. The van der Waals surface area contributed by atoms with E-state index >= 15 is 0 Å². The second-order valence-corrected chi connectivity index (χ2v) is 12.7. The van der Waals surface area contributed by atoms with E-state index in [-0.39, 0.29) is 5.54 Å². The molecule has 0 radical (unpaired) electrons. The van der Waals surface area contributed by atoms with E-state index < -0.39 is 0 Å². The number of hydrogen-bond donors (Lipinski definition) is 1. The summed E-state index contributed by atoms with van der Waals surface area (Å²) in [4.78, 5) is 15.5. The van der Waals surface area contributed by atoms with E-state index in [1.165, 1.54) is 84.8 Å². The quantitative estimate of drug-likeness (QED) is 0.351. The second-order valence-electron chi connectivity index (χ2n) is 12.7. The lowest BCUT2D eigenvalue weighted by Gasteiger charge is -2.34. The van der Waals surface area contributed by atoms with Gasteiger partial charge in [-0.2, -0.15) is 9.97 Å². The molecule has 0 saturated carbocycles. The van der Waals surface area contributed by atoms with Gasteiger partial charge in [-0.15, -0.1) is 9.24 Å². The Hall–Kier alpha value is -2.53. The van der Waals surface area contributed by atoms with Crippen molar-refractivity contribution < 1.29 is 4.74 Å². The number of anilines is 1. The lowest BCUT2D eigenvalue weighted by Crippen LogP contribution is -2.43. The van der Waals surface area contributed by atoms with Crippen LogP contribution in [0.15, 0.2) is 42.5 Å². The highest BCUT2D eigenvalue weighted by atomic mass is 31.0. The van der Waals surface area contributed by atoms with E-state index in [2.05, 4.69) is 73.8 Å². The smallest absolute Gasteiger partial charge is 0.317 e. The number of rotatable bonds is 6. The first-order valence-corrected chi connectivity index (χ1v) is 17.4. The number of aromatic nitrogens is 2. The number of ether oxygens (including phenoxy) is 1. The average Bonchev–Trinajstić information content (AvgIpc) is 3.73. The molecule has 6 nitrogen and oxygen atoms in total. The van der Waals surface area contributed by atoms with Crippen LogP contribution in [-0.2, 0) is 19.4 Å². The molecule has 5 aliphatic rings. The molecule has 0 aliphatic carbocycles. The van der Waals surface area contributed by atoms with Gasteiger partial charge >= 0.3 is 6.01 Å². The molecule has 1 N–H and O–H groups in total. The van der Waals surface area contributed by atoms with Crippen LogP contribution in [-0.4, -0.2) is 65.4 Å². The van der Waals surface area contributed by atoms with E-state index in [4.69, 9.17) is 14.7 Å². The van der Waals surface area contributed by atoms with Crippen molar-refractivity contribution in [3.05, 3.63) is 65.0 Å². The van der Waals surface area contributed by atoms with Gasteiger partial charge in [-0.25, -0.2) is 0 Å². The summed E-state index contributed by atoms with van der Waals surface area (Å²) in [6.07, 6.45) is 13.0. The van der Waals surface area contributed by atoms with E-state index in [9.17, 15) is 0 Å². The molecular formula is C35H46N5OP. The Bertz CT molecular complexity index is 1470. The fraction of sp³-hybridized carbons (Fsp3) is 0.543. The molecular weight excluding hydrogens is 537 g/mol. The minimum atomic E-state index is 0.193. The summed E-state index contributed by atoms with van der Waals surface area (Å²) in [6, 6.07) is 15.1. The van der Waals surface area contributed by atoms with Gasteiger partial charge in [0.2, 0.25) is 0 Å². The first-order chi connectivity index (χ1) is 20.7. The van der Waals surface area contributed by atoms with Crippen molar-refractivity contribution in [2.45, 2.75) is 88.9 Å². The van der Waals surface area contributed by atoms with Gasteiger partial charge in [0.05, 0.1) is 23.5 Å². The summed E-state index contributed by atoms with van der Waals surface area (Å²) in [6.45, 7) is 9.09. The summed E-state index contributed by atoms with van der Waals surface area (Å²) >= 11 is 0. The summed E-state index contributed by atoms with van der Waals surface area (Å²) in [5.74, 6) is 0. The van der Waals surface area contributed by atoms with Crippen molar-refractivity contribution in [2.75, 3.05) is 37.8 Å². The first-order valence-electron chi connectivity index (χ1n) is 16.3. The van der Waals surface area contributed by atoms with E-state index in [0.29, 0.717) is 24.7 Å². The molecule has 7 heteroatoms. The van der Waals surface area contributed by atoms with E-state index in [0.717, 1.165) is 43.7 Å². The van der Waals surface area contributed by atoms with Crippen LogP contribution in [0.4, 0.5) is 5.69 Å². The third-order valence-electron chi connectivity index (χ3n) is 10.5. The van der Waals surface area contributed by atoms with E-state index in [1.807, 2.05) is 6.66 Å². The zero-order valence-electron chi connectivity index (χ0n) is 25.4. The molecule has 3 atom stereocenters. The van der Waals surface area contributed by atoms with Crippen molar-refractivity contribution in [3.8, 4) is 6.01 Å². The van der Waals surface area contributed by atoms with Gasteiger partial charge in [0.25, 0.3) is 0 Å². The standard InChI is InChI=1S/C34H41N5O.CH5P/c1-2-23-7-3-8-24-9-4-10-30(31(23)24)38-18-13-28-29(21-38)36-33(40-22-34-14-5-16-39(34)17-6-15-34)37-32(28)25-19-26-11-12-27(20-25)35-26;1-2/h3-4,7-10,19,26-27,35H,2,5-6,11-18,20-22H2,1H3;2H2,1H3. The molecule has 0 amide bonds. The molecule has 3 unspecified atom stereocenters. The molecule has 3 fully saturated rings. The molecule has 42 heavy (non-hydrogen) atoms. The van der Waals surface area contributed by atoms with Crippen LogP contribution in [0.2, 0.25) is 0 Å². The molecule has 0 spiro atoms. The molecule has 2 aromatic carbocycles. The number of hydrogen-bond acceptors (Lipinski definition) is 6. The summed E-state index contributed by atoms with van der Waals surface area (Å²) in [7, 11) is 2.42. The van der Waals surface area contributed by atoms with Crippen molar-refractivity contribution in [2.24, 2.45) is 0 Å². The van der Waals surface area contributed by atoms with Gasteiger partial charge < -0.3 is 15.0 Å². The predicted molar refractivity (Wildman–Crippen MR) is 177 cm³/mol. The van der Waals surface area contributed by atoms with Crippen LogP contribution in [0, 0.1) is 0 Å². The molecule has 8 rings (SSSR count). The van der Waals surface area contributed by atoms with Crippen LogP contribution in [0.3, 0.4) is 0 Å². The first kappa shape index (κ1) is 28.3. The number of benzene rings is 2. The molecule has 3 aromatic rings. The van der Waals surface area contributed by atoms with Crippen LogP contribution < -0.4 is 15.0 Å². The fourth-order valence-corrected chi connectivity index (χ4v) is 8.45. The summed E-state index contributed by atoms with van der Waals surface area (Å²) in [5, 5.41) is 6.47. The number of nitrogens with one attached hydrogen (secondary N) is 1. The topological polar surface area (TPSA) is 53.5 Å². The normalized spacial score (nSPS) is 24.2. The molecule has 1 aromatic heterocycles. The minimum Gasteiger partial charge on any atom is -0.461 e. The van der Waals surface area contributed by atoms with Gasteiger partial charge in [0, 0.05) is 35.3 Å². The van der Waals surface area contributed by atoms with Crippen LogP contribution in [0.25, 0.3) is 16.3 Å². The van der Waals surface area contributed by atoms with Crippen molar-refractivity contribution in [3.63, 3.8) is 0 Å². The molecule has 6 heterocycles. The zero-order chi connectivity index (χ0) is 28.7. The maximum atomic E-state index is 6.58. The number of nitrogens with zero attached hydrogens (tertiary/aromatic N) is 4. The Morgan fingerprint density at radius 2 is 1.83 bits per heavy atom. The third kappa shape index (κ3) is 5.04. The average molecular weight is 584 g/mol. The summed E-state index contributed by atoms with van der Waals surface area (Å²) in [5.41, 5.74) is 8.00. The fourth-order valence-electron chi connectivity index (χ4n) is 8.45. The molecule has 2 bridgehead atoms. The molecule has 3 saturated heterocycles. The Labute approximate surface area is 253 Å². The van der Waals surface area contributed by atoms with E-state index in [1.54, 1.807) is 0 Å². The van der Waals surface area contributed by atoms with Gasteiger partial charge in [-0.1, -0.05) is 50.0 Å². The van der Waals surface area contributed by atoms with Crippen LogP contribution in [0.1, 0.15) is 74.4 Å². The van der Waals surface area contributed by atoms with Crippen molar-refractivity contribution in [1.82, 2.24) is 20.2 Å². The van der Waals surface area contributed by atoms with Gasteiger partial charge in [0.15, 0.2) is 0 Å². The van der Waals surface area contributed by atoms with Crippen molar-refractivity contribution >= 4 is 31.3 Å². The molecule has 5 aliphatic heterocycles. The van der Waals surface area contributed by atoms with Crippen LogP contribution >= 0.6 is 9.24 Å². The highest BCUT2D eigenvalue weighted by Gasteiger charge is 2.45. The Kier molecular flexibility index (Phi) is 7.98. The Balaban J connectivity index is 0.00000141. The van der Waals surface area contributed by atoms with Gasteiger partial charge in [-0.05, 0) is 93.5 Å². The Morgan fingerprint density at radius 3 is 2.62 bits per heavy atom. The maximum absolute atomic E-state index is 6.58. The zero-order valence-corrected chi connectivity index (χ0v) is 26.5. The highest BCUT2D eigenvalue weighted by Crippen LogP contribution is 2.40. The third-order valence-corrected chi connectivity index (χ3v) is 10.5. The molecule has 222 valence electrons.